The molecule has 0 aromatic heterocycles. The highest BCUT2D eigenvalue weighted by atomic mass is 79.9. The second-order valence-corrected chi connectivity index (χ2v) is 3.42. The summed E-state index contributed by atoms with van der Waals surface area (Å²) in [7, 11) is 0. The summed E-state index contributed by atoms with van der Waals surface area (Å²) in [6.07, 6.45) is 0.839. The number of hydrogen-bond donors (Lipinski definition) is 0. The maximum atomic E-state index is 11.1. The number of carbonyl (C=O) groups is 3. The van der Waals surface area contributed by atoms with Crippen molar-refractivity contribution < 1.29 is 14.4 Å². The number of alkyl halides is 1. The van der Waals surface area contributed by atoms with E-state index < -0.39 is 0 Å². The number of imide groups is 1. The van der Waals surface area contributed by atoms with Gasteiger partial charge in [0.25, 0.3) is 0 Å². The first-order chi connectivity index (χ1) is 6.15. The van der Waals surface area contributed by atoms with Gasteiger partial charge in [-0.2, -0.15) is 0 Å². The molecule has 1 heterocycles. The van der Waals surface area contributed by atoms with Crippen molar-refractivity contribution in [2.45, 2.75) is 19.3 Å². The fourth-order valence-corrected chi connectivity index (χ4v) is 1.46. The van der Waals surface area contributed by atoms with E-state index in [0.29, 0.717) is 12.8 Å². The van der Waals surface area contributed by atoms with Gasteiger partial charge in [-0.15, -0.1) is 0 Å². The first kappa shape index (κ1) is 10.4. The van der Waals surface area contributed by atoms with Gasteiger partial charge in [0.1, 0.15) is 5.78 Å². The maximum absolute atomic E-state index is 11.1. The highest BCUT2D eigenvalue weighted by Crippen LogP contribution is 2.11. The monoisotopic (exact) mass is 247 g/mol. The van der Waals surface area contributed by atoms with Crippen molar-refractivity contribution in [1.29, 1.82) is 0 Å². The third-order valence-corrected chi connectivity index (χ3v) is 2.54. The lowest BCUT2D eigenvalue weighted by Crippen LogP contribution is -2.31. The number of rotatable bonds is 4. The third-order valence-electron chi connectivity index (χ3n) is 1.92. The molecule has 1 aliphatic heterocycles. The molecule has 2 amide bonds. The van der Waals surface area contributed by atoms with Crippen molar-refractivity contribution in [2.24, 2.45) is 0 Å². The van der Waals surface area contributed by atoms with Crippen molar-refractivity contribution >= 4 is 33.5 Å². The minimum atomic E-state index is -0.160. The number of nitrogens with zero attached hydrogens (tertiary/aromatic N) is 1. The Kier molecular flexibility index (Phi) is 3.59. The van der Waals surface area contributed by atoms with E-state index in [9.17, 15) is 14.4 Å². The van der Waals surface area contributed by atoms with Gasteiger partial charge in [-0.3, -0.25) is 19.3 Å². The zero-order chi connectivity index (χ0) is 9.84. The van der Waals surface area contributed by atoms with Gasteiger partial charge in [0.15, 0.2) is 0 Å². The van der Waals surface area contributed by atoms with Crippen LogP contribution in [0.5, 0.6) is 0 Å². The van der Waals surface area contributed by atoms with Crippen LogP contribution in [0.2, 0.25) is 0 Å². The Bertz CT molecular complexity index is 236. The number of carbonyl (C=O) groups excluding carboxylic acids is 3. The summed E-state index contributed by atoms with van der Waals surface area (Å²) in [5.41, 5.74) is 0. The third kappa shape index (κ3) is 2.62. The van der Waals surface area contributed by atoms with Crippen LogP contribution in [0, 0.1) is 0 Å². The molecule has 1 saturated heterocycles. The van der Waals surface area contributed by atoms with Crippen LogP contribution in [0.4, 0.5) is 0 Å². The summed E-state index contributed by atoms with van der Waals surface area (Å²) in [6.45, 7) is 0.238. The number of Topliss-reactive ketones (excluding diaryl/α,β-unsaturated/α-hetero) is 1. The highest BCUT2D eigenvalue weighted by molar-refractivity contribution is 9.09. The minimum absolute atomic E-state index is 0.00694. The van der Waals surface area contributed by atoms with E-state index in [1.54, 1.807) is 0 Å². The molecule has 0 atom stereocenters. The average molecular weight is 248 g/mol. The molecule has 1 aliphatic rings. The first-order valence-electron chi connectivity index (χ1n) is 4.06. The van der Waals surface area contributed by atoms with Crippen LogP contribution < -0.4 is 0 Å². The van der Waals surface area contributed by atoms with Gasteiger partial charge in [-0.1, -0.05) is 15.9 Å². The van der Waals surface area contributed by atoms with Gasteiger partial charge in [-0.05, 0) is 0 Å². The summed E-state index contributed by atoms with van der Waals surface area (Å²) < 4.78 is 0. The average Bonchev–Trinajstić information content (AvgIpc) is 2.43. The predicted octanol–water partition coefficient (Wildman–Crippen LogP) is 0.490. The van der Waals surface area contributed by atoms with Gasteiger partial charge < -0.3 is 0 Å². The van der Waals surface area contributed by atoms with Crippen LogP contribution in [-0.2, 0) is 14.4 Å². The molecule has 4 nitrogen and oxygen atoms in total. The van der Waals surface area contributed by atoms with Crippen LogP contribution in [0.1, 0.15) is 19.3 Å². The molecule has 1 fully saturated rings. The van der Waals surface area contributed by atoms with Crippen LogP contribution >= 0.6 is 15.9 Å². The Balaban J connectivity index is 2.40. The first-order valence-corrected chi connectivity index (χ1v) is 5.18. The Morgan fingerprint density at radius 3 is 2.31 bits per heavy atom. The summed E-state index contributed by atoms with van der Waals surface area (Å²) in [4.78, 5) is 34.2. The highest BCUT2D eigenvalue weighted by Gasteiger charge is 2.28. The number of likely N-dealkylation sites (tertiary alicyclic amines) is 1. The Labute approximate surface area is 84.4 Å². The molecule has 0 unspecified atom stereocenters. The molecule has 0 radical (unpaired) electrons. The topological polar surface area (TPSA) is 54.5 Å². The fourth-order valence-electron chi connectivity index (χ4n) is 1.18. The molecule has 0 aromatic rings. The number of halogens is 1. The Hall–Kier alpha value is -0.710. The lowest BCUT2D eigenvalue weighted by atomic mass is 10.3. The molecule has 0 aromatic carbocycles. The minimum Gasteiger partial charge on any atom is -0.299 e. The molecule has 0 N–H and O–H groups in total. The van der Waals surface area contributed by atoms with E-state index in [1.807, 2.05) is 0 Å². The zero-order valence-electron chi connectivity index (χ0n) is 7.09. The summed E-state index contributed by atoms with van der Waals surface area (Å²) in [6, 6.07) is 0. The second-order valence-electron chi connectivity index (χ2n) is 2.86. The maximum Gasteiger partial charge on any atom is 0.229 e. The fraction of sp³-hybridized carbons (Fsp3) is 0.625. The van der Waals surface area contributed by atoms with Crippen LogP contribution in [-0.4, -0.2) is 34.4 Å². The quantitative estimate of drug-likeness (QED) is 0.537. The van der Waals surface area contributed by atoms with Crippen molar-refractivity contribution in [3.8, 4) is 0 Å². The van der Waals surface area contributed by atoms with Gasteiger partial charge in [0.2, 0.25) is 11.8 Å². The van der Waals surface area contributed by atoms with E-state index in [0.717, 1.165) is 0 Å². The molecule has 0 aliphatic carbocycles. The largest absolute Gasteiger partial charge is 0.299 e. The standard InChI is InChI=1S/C8H10BrNO3/c9-5-6(11)3-4-10-7(12)1-2-8(10)13/h1-5H2. The van der Waals surface area contributed by atoms with E-state index in [2.05, 4.69) is 15.9 Å². The molecular weight excluding hydrogens is 238 g/mol. The number of amides is 2. The predicted molar refractivity (Wildman–Crippen MR) is 49.4 cm³/mol. The molecule has 0 bridgehead atoms. The SMILES string of the molecule is O=C(CBr)CCN1C(=O)CCC1=O. The Morgan fingerprint density at radius 2 is 1.85 bits per heavy atom. The molecular formula is C8H10BrNO3. The molecule has 1 rings (SSSR count). The van der Waals surface area contributed by atoms with Crippen LogP contribution in [0.15, 0.2) is 0 Å². The molecule has 5 heteroatoms. The van der Waals surface area contributed by atoms with Crippen molar-refractivity contribution in [3.63, 3.8) is 0 Å². The summed E-state index contributed by atoms with van der Waals surface area (Å²) in [5.74, 6) is -0.313. The molecule has 13 heavy (non-hydrogen) atoms. The Morgan fingerprint density at radius 1 is 1.31 bits per heavy atom. The van der Waals surface area contributed by atoms with E-state index in [-0.39, 0.29) is 35.9 Å². The van der Waals surface area contributed by atoms with Crippen molar-refractivity contribution in [3.05, 3.63) is 0 Å². The van der Waals surface area contributed by atoms with E-state index >= 15 is 0 Å². The van der Waals surface area contributed by atoms with E-state index in [4.69, 9.17) is 0 Å². The lowest BCUT2D eigenvalue weighted by Gasteiger charge is -2.11. The molecule has 0 spiro atoms. The van der Waals surface area contributed by atoms with Gasteiger partial charge in [-0.25, -0.2) is 0 Å². The van der Waals surface area contributed by atoms with Crippen LogP contribution in [0.3, 0.4) is 0 Å². The van der Waals surface area contributed by atoms with Crippen molar-refractivity contribution in [2.75, 3.05) is 11.9 Å². The summed E-state index contributed by atoms with van der Waals surface area (Å²) >= 11 is 3.02. The normalized spacial score (nSPS) is 16.8. The van der Waals surface area contributed by atoms with E-state index in [1.165, 1.54) is 4.90 Å². The number of hydrogen-bond acceptors (Lipinski definition) is 3. The van der Waals surface area contributed by atoms with Gasteiger partial charge in [0.05, 0.1) is 5.33 Å². The zero-order valence-corrected chi connectivity index (χ0v) is 8.67. The molecule has 0 saturated carbocycles. The lowest BCUT2D eigenvalue weighted by molar-refractivity contribution is -0.138. The molecule has 72 valence electrons. The van der Waals surface area contributed by atoms with Crippen molar-refractivity contribution in [1.82, 2.24) is 4.90 Å². The van der Waals surface area contributed by atoms with Gasteiger partial charge in [0, 0.05) is 25.8 Å². The van der Waals surface area contributed by atoms with Crippen LogP contribution in [0.25, 0.3) is 0 Å². The summed E-state index contributed by atoms with van der Waals surface area (Å²) in [5, 5.41) is 0.281. The second kappa shape index (κ2) is 4.50. The smallest absolute Gasteiger partial charge is 0.229 e. The van der Waals surface area contributed by atoms with Gasteiger partial charge >= 0.3 is 0 Å². The number of ketones is 1.